The molecule has 2 fully saturated rings. The van der Waals surface area contributed by atoms with E-state index < -0.39 is 8.32 Å². The largest absolute Gasteiger partial charge is 0.409 e. The molecule has 0 bridgehead atoms. The van der Waals surface area contributed by atoms with Crippen molar-refractivity contribution in [3.8, 4) is 0 Å². The number of nitrogens with one attached hydrogen (secondary N) is 1. The molecule has 1 heterocycles. The number of thiophene rings is 1. The van der Waals surface area contributed by atoms with Gasteiger partial charge in [0.05, 0.1) is 10.4 Å². The molecule has 0 aliphatic heterocycles. The van der Waals surface area contributed by atoms with Crippen molar-refractivity contribution < 1.29 is 4.43 Å². The SMILES string of the molecule is CC[Si](CC)(CC)OC(CN[C@H]1C[C@@H]2[C@H](C1)C2(C)C)c1ccsc1Cl. The molecular weight excluding hydrogens is 366 g/mol. The highest BCUT2D eigenvalue weighted by Crippen LogP contribution is 2.66. The summed E-state index contributed by atoms with van der Waals surface area (Å²) >= 11 is 8.10. The summed E-state index contributed by atoms with van der Waals surface area (Å²) in [6.45, 7) is 12.6. The van der Waals surface area contributed by atoms with Gasteiger partial charge in [-0.25, -0.2) is 0 Å². The van der Waals surface area contributed by atoms with Crippen molar-refractivity contribution in [2.75, 3.05) is 6.54 Å². The first kappa shape index (κ1) is 19.9. The van der Waals surface area contributed by atoms with Crippen LogP contribution < -0.4 is 5.32 Å². The third-order valence-electron chi connectivity index (χ3n) is 7.27. The van der Waals surface area contributed by atoms with Crippen molar-refractivity contribution in [2.45, 2.75) is 77.7 Å². The third kappa shape index (κ3) is 3.89. The van der Waals surface area contributed by atoms with Gasteiger partial charge in [-0.15, -0.1) is 11.3 Å². The summed E-state index contributed by atoms with van der Waals surface area (Å²) in [7, 11) is -1.66. The van der Waals surface area contributed by atoms with Crippen molar-refractivity contribution in [1.29, 1.82) is 0 Å². The molecule has 0 saturated heterocycles. The van der Waals surface area contributed by atoms with Crippen LogP contribution in [0.1, 0.15) is 59.1 Å². The van der Waals surface area contributed by atoms with E-state index in [1.165, 1.54) is 36.5 Å². The molecule has 1 unspecified atom stereocenters. The Hall–Kier alpha value is 0.127. The zero-order chi connectivity index (χ0) is 18.2. The van der Waals surface area contributed by atoms with Crippen LogP contribution in [0, 0.1) is 17.3 Å². The number of fused-ring (bicyclic) bond motifs is 1. The first-order chi connectivity index (χ1) is 11.9. The Morgan fingerprint density at radius 2 is 1.84 bits per heavy atom. The molecule has 2 nitrogen and oxygen atoms in total. The topological polar surface area (TPSA) is 21.3 Å². The molecule has 1 N–H and O–H groups in total. The molecule has 5 heteroatoms. The minimum Gasteiger partial charge on any atom is -0.409 e. The van der Waals surface area contributed by atoms with Crippen LogP contribution in [-0.4, -0.2) is 20.9 Å². The van der Waals surface area contributed by atoms with E-state index >= 15 is 0 Å². The maximum absolute atomic E-state index is 6.85. The lowest BCUT2D eigenvalue weighted by Crippen LogP contribution is -2.41. The smallest absolute Gasteiger partial charge is 0.192 e. The fraction of sp³-hybridized carbons (Fsp3) is 0.800. The summed E-state index contributed by atoms with van der Waals surface area (Å²) in [6.07, 6.45) is 2.77. The molecule has 0 radical (unpaired) electrons. The quantitative estimate of drug-likeness (QED) is 0.479. The molecule has 4 atom stereocenters. The van der Waals surface area contributed by atoms with Crippen molar-refractivity contribution in [3.63, 3.8) is 0 Å². The van der Waals surface area contributed by atoms with Gasteiger partial charge in [0, 0.05) is 18.2 Å². The summed E-state index contributed by atoms with van der Waals surface area (Å²) < 4.78 is 7.75. The average molecular weight is 400 g/mol. The molecule has 0 aromatic carbocycles. The van der Waals surface area contributed by atoms with Crippen LogP contribution >= 0.6 is 22.9 Å². The molecule has 0 amide bonds. The second-order valence-corrected chi connectivity index (χ2v) is 14.9. The minimum absolute atomic E-state index is 0.107. The highest BCUT2D eigenvalue weighted by molar-refractivity contribution is 7.14. The second kappa shape index (κ2) is 7.63. The Kier molecular flexibility index (Phi) is 6.07. The van der Waals surface area contributed by atoms with Gasteiger partial charge in [-0.05, 0) is 59.7 Å². The van der Waals surface area contributed by atoms with Crippen molar-refractivity contribution in [3.05, 3.63) is 21.3 Å². The predicted octanol–water partition coefficient (Wildman–Crippen LogP) is 6.49. The van der Waals surface area contributed by atoms with Gasteiger partial charge in [-0.1, -0.05) is 46.2 Å². The molecule has 3 rings (SSSR count). The molecule has 2 saturated carbocycles. The molecule has 0 spiro atoms. The molecule has 1 aromatic rings. The van der Waals surface area contributed by atoms with Crippen LogP contribution in [0.3, 0.4) is 0 Å². The number of halogens is 1. The van der Waals surface area contributed by atoms with E-state index in [1.807, 2.05) is 0 Å². The van der Waals surface area contributed by atoms with Crippen LogP contribution in [0.2, 0.25) is 22.5 Å². The van der Waals surface area contributed by atoms with Gasteiger partial charge in [0.1, 0.15) is 0 Å². The number of hydrogen-bond donors (Lipinski definition) is 1. The van der Waals surface area contributed by atoms with E-state index in [-0.39, 0.29) is 6.10 Å². The molecule has 142 valence electrons. The Balaban J connectivity index is 1.65. The first-order valence-electron chi connectivity index (χ1n) is 10.0. The molecule has 2 aliphatic rings. The van der Waals surface area contributed by atoms with E-state index in [1.54, 1.807) is 11.3 Å². The van der Waals surface area contributed by atoms with Crippen LogP contribution in [0.5, 0.6) is 0 Å². The Morgan fingerprint density at radius 1 is 1.24 bits per heavy atom. The Labute approximate surface area is 163 Å². The highest BCUT2D eigenvalue weighted by Gasteiger charge is 2.61. The van der Waals surface area contributed by atoms with E-state index in [4.69, 9.17) is 16.0 Å². The van der Waals surface area contributed by atoms with Crippen molar-refractivity contribution in [2.24, 2.45) is 17.3 Å². The van der Waals surface area contributed by atoms with Gasteiger partial charge >= 0.3 is 0 Å². The zero-order valence-corrected chi connectivity index (χ0v) is 19.0. The van der Waals surface area contributed by atoms with Gasteiger partial charge < -0.3 is 9.74 Å². The van der Waals surface area contributed by atoms with E-state index in [0.29, 0.717) is 11.5 Å². The Bertz CT molecular complexity index is 564. The lowest BCUT2D eigenvalue weighted by Gasteiger charge is -2.34. The van der Waals surface area contributed by atoms with E-state index in [9.17, 15) is 0 Å². The summed E-state index contributed by atoms with van der Waals surface area (Å²) in [6, 6.07) is 6.36. The van der Waals surface area contributed by atoms with E-state index in [0.717, 1.165) is 22.7 Å². The predicted molar refractivity (Wildman–Crippen MR) is 112 cm³/mol. The minimum atomic E-state index is -1.66. The highest BCUT2D eigenvalue weighted by atomic mass is 35.5. The second-order valence-electron chi connectivity index (χ2n) is 8.61. The molecular formula is C20H34ClNOSSi. The van der Waals surface area contributed by atoms with Crippen LogP contribution in [0.15, 0.2) is 11.4 Å². The normalized spacial score (nSPS) is 28.8. The fourth-order valence-electron chi connectivity index (χ4n) is 4.99. The van der Waals surface area contributed by atoms with E-state index in [2.05, 4.69) is 51.4 Å². The average Bonchev–Trinajstić information content (AvgIpc) is 3.04. The standard InChI is InChI=1S/C20H34ClNOSSi/c1-6-25(7-2,8-3)23-18(15-9-10-24-19(15)21)13-22-14-11-16-17(12-14)20(16,4)5/h9-10,14,16-18,22H,6-8,11-13H2,1-5H3/t14-,16+,17-,18?. The van der Waals surface area contributed by atoms with Gasteiger partial charge in [-0.3, -0.25) is 0 Å². The van der Waals surface area contributed by atoms with Crippen LogP contribution in [-0.2, 0) is 4.43 Å². The number of rotatable bonds is 9. The zero-order valence-electron chi connectivity index (χ0n) is 16.4. The van der Waals surface area contributed by atoms with Gasteiger partial charge in [0.2, 0.25) is 0 Å². The first-order valence-corrected chi connectivity index (χ1v) is 13.8. The van der Waals surface area contributed by atoms with Crippen molar-refractivity contribution in [1.82, 2.24) is 5.32 Å². The summed E-state index contributed by atoms with van der Waals surface area (Å²) in [5.41, 5.74) is 1.79. The van der Waals surface area contributed by atoms with Crippen LogP contribution in [0.25, 0.3) is 0 Å². The van der Waals surface area contributed by atoms with Gasteiger partial charge in [0.15, 0.2) is 8.32 Å². The molecule has 1 aromatic heterocycles. The molecule has 25 heavy (non-hydrogen) atoms. The Morgan fingerprint density at radius 3 is 2.32 bits per heavy atom. The lowest BCUT2D eigenvalue weighted by molar-refractivity contribution is 0.179. The molecule has 2 aliphatic carbocycles. The van der Waals surface area contributed by atoms with Crippen LogP contribution in [0.4, 0.5) is 0 Å². The third-order valence-corrected chi connectivity index (χ3v) is 13.1. The van der Waals surface area contributed by atoms with Crippen molar-refractivity contribution >= 4 is 31.3 Å². The summed E-state index contributed by atoms with van der Waals surface area (Å²) in [5.74, 6) is 1.87. The number of hydrogen-bond acceptors (Lipinski definition) is 3. The van der Waals surface area contributed by atoms with Gasteiger partial charge in [0.25, 0.3) is 0 Å². The fourth-order valence-corrected chi connectivity index (χ4v) is 8.82. The summed E-state index contributed by atoms with van der Waals surface area (Å²) in [4.78, 5) is 0. The monoisotopic (exact) mass is 399 g/mol. The maximum atomic E-state index is 6.85. The maximum Gasteiger partial charge on any atom is 0.192 e. The summed E-state index contributed by atoms with van der Waals surface area (Å²) in [5, 5.41) is 5.93. The van der Waals surface area contributed by atoms with Gasteiger partial charge in [-0.2, -0.15) is 0 Å². The lowest BCUT2D eigenvalue weighted by atomic mass is 9.97.